The number of nitro groups is 1. The molecule has 0 bridgehead atoms. The van der Waals surface area contributed by atoms with Crippen molar-refractivity contribution < 1.29 is 18.9 Å². The van der Waals surface area contributed by atoms with E-state index in [1.165, 1.54) is 30.3 Å². The minimum atomic E-state index is -0.896. The molecular formula is C14H7FN2O4. The number of anilines is 1. The van der Waals surface area contributed by atoms with Crippen LogP contribution in [0.3, 0.4) is 0 Å². The molecule has 0 saturated carbocycles. The second-order valence-corrected chi connectivity index (χ2v) is 4.35. The van der Waals surface area contributed by atoms with E-state index in [4.69, 9.17) is 0 Å². The Hall–Kier alpha value is -3.09. The fourth-order valence-corrected chi connectivity index (χ4v) is 2.27. The molecule has 6 nitrogen and oxygen atoms in total. The molecule has 2 amide bonds. The van der Waals surface area contributed by atoms with E-state index >= 15 is 0 Å². The molecule has 21 heavy (non-hydrogen) atoms. The van der Waals surface area contributed by atoms with E-state index in [-0.39, 0.29) is 16.8 Å². The van der Waals surface area contributed by atoms with Gasteiger partial charge in [-0.2, -0.15) is 0 Å². The van der Waals surface area contributed by atoms with E-state index in [1.54, 1.807) is 0 Å². The number of halogens is 1. The first-order chi connectivity index (χ1) is 10.0. The molecule has 7 heteroatoms. The highest BCUT2D eigenvalue weighted by atomic mass is 19.1. The van der Waals surface area contributed by atoms with Gasteiger partial charge in [-0.1, -0.05) is 18.2 Å². The molecule has 0 N–H and O–H groups in total. The van der Waals surface area contributed by atoms with Crippen LogP contribution < -0.4 is 4.90 Å². The van der Waals surface area contributed by atoms with Crippen molar-refractivity contribution in [2.75, 3.05) is 4.90 Å². The molecule has 0 saturated heterocycles. The fraction of sp³-hybridized carbons (Fsp3) is 0. The van der Waals surface area contributed by atoms with Crippen molar-refractivity contribution in [2.45, 2.75) is 0 Å². The highest BCUT2D eigenvalue weighted by Crippen LogP contribution is 2.34. The highest BCUT2D eigenvalue weighted by Gasteiger charge is 2.42. The zero-order chi connectivity index (χ0) is 15.1. The average Bonchev–Trinajstić information content (AvgIpc) is 2.72. The lowest BCUT2D eigenvalue weighted by Crippen LogP contribution is -2.30. The number of carbonyl (C=O) groups is 2. The van der Waals surface area contributed by atoms with Crippen LogP contribution in [0, 0.1) is 15.9 Å². The monoisotopic (exact) mass is 286 g/mol. The second kappa shape index (κ2) is 4.48. The summed E-state index contributed by atoms with van der Waals surface area (Å²) in [7, 11) is 0. The topological polar surface area (TPSA) is 80.5 Å². The van der Waals surface area contributed by atoms with Crippen LogP contribution in [0.15, 0.2) is 42.5 Å². The van der Waals surface area contributed by atoms with Crippen molar-refractivity contribution in [3.63, 3.8) is 0 Å². The molecule has 1 aliphatic rings. The standard InChI is InChI=1S/C14H7FN2O4/c15-9-5-1-2-6-10(9)16-13(18)8-4-3-7-11(17(20)21)12(8)14(16)19/h1-7H. The molecule has 1 aliphatic heterocycles. The number of benzene rings is 2. The Labute approximate surface area is 117 Å². The van der Waals surface area contributed by atoms with Gasteiger partial charge in [0, 0.05) is 6.07 Å². The Kier molecular flexibility index (Phi) is 2.76. The van der Waals surface area contributed by atoms with Gasteiger partial charge in [-0.3, -0.25) is 19.7 Å². The summed E-state index contributed by atoms with van der Waals surface area (Å²) in [5.41, 5.74) is -1.10. The number of carbonyl (C=O) groups excluding carboxylic acids is 2. The highest BCUT2D eigenvalue weighted by molar-refractivity contribution is 6.35. The van der Waals surface area contributed by atoms with E-state index in [1.807, 2.05) is 0 Å². The summed E-state index contributed by atoms with van der Waals surface area (Å²) in [6, 6.07) is 9.01. The molecule has 1 heterocycles. The second-order valence-electron chi connectivity index (χ2n) is 4.35. The maximum Gasteiger partial charge on any atom is 0.283 e. The molecule has 104 valence electrons. The maximum atomic E-state index is 13.8. The molecule has 0 fully saturated rings. The van der Waals surface area contributed by atoms with Crippen LogP contribution in [0.5, 0.6) is 0 Å². The van der Waals surface area contributed by atoms with Crippen LogP contribution in [0.1, 0.15) is 20.7 Å². The quantitative estimate of drug-likeness (QED) is 0.482. The van der Waals surface area contributed by atoms with E-state index in [0.717, 1.165) is 12.1 Å². The summed E-state index contributed by atoms with van der Waals surface area (Å²) in [4.78, 5) is 35.4. The normalized spacial score (nSPS) is 13.5. The number of nitrogens with zero attached hydrogens (tertiary/aromatic N) is 2. The van der Waals surface area contributed by atoms with E-state index in [2.05, 4.69) is 0 Å². The van der Waals surface area contributed by atoms with Crippen molar-refractivity contribution in [1.29, 1.82) is 0 Å². The molecule has 0 unspecified atom stereocenters. The largest absolute Gasteiger partial charge is 0.283 e. The lowest BCUT2D eigenvalue weighted by Gasteiger charge is -2.14. The van der Waals surface area contributed by atoms with E-state index < -0.39 is 28.2 Å². The van der Waals surface area contributed by atoms with Gasteiger partial charge in [-0.05, 0) is 18.2 Å². The molecule has 0 aliphatic carbocycles. The third-order valence-corrected chi connectivity index (χ3v) is 3.18. The predicted molar refractivity (Wildman–Crippen MR) is 70.6 cm³/mol. The van der Waals surface area contributed by atoms with Gasteiger partial charge in [0.2, 0.25) is 0 Å². The van der Waals surface area contributed by atoms with Crippen LogP contribution in [-0.4, -0.2) is 16.7 Å². The first-order valence-corrected chi connectivity index (χ1v) is 5.93. The number of nitro benzene ring substituents is 1. The van der Waals surface area contributed by atoms with Crippen LogP contribution in [0.4, 0.5) is 15.8 Å². The van der Waals surface area contributed by atoms with Crippen molar-refractivity contribution in [3.05, 3.63) is 69.5 Å². The average molecular weight is 286 g/mol. The molecule has 2 aromatic carbocycles. The smallest absolute Gasteiger partial charge is 0.268 e. The minimum absolute atomic E-state index is 0.0996. The Bertz CT molecular complexity index is 803. The van der Waals surface area contributed by atoms with Gasteiger partial charge in [0.05, 0.1) is 16.2 Å². The fourth-order valence-electron chi connectivity index (χ4n) is 2.27. The van der Waals surface area contributed by atoms with Crippen molar-refractivity contribution >= 4 is 23.2 Å². The predicted octanol–water partition coefficient (Wildman–Crippen LogP) is 2.53. The third kappa shape index (κ3) is 1.78. The maximum absolute atomic E-state index is 13.8. The summed E-state index contributed by atoms with van der Waals surface area (Å²) in [5.74, 6) is -2.43. The number of para-hydroxylation sites is 1. The van der Waals surface area contributed by atoms with Crippen LogP contribution in [0.25, 0.3) is 0 Å². The molecular weight excluding hydrogens is 279 g/mol. The summed E-state index contributed by atoms with van der Waals surface area (Å²) in [5, 5.41) is 11.0. The van der Waals surface area contributed by atoms with Crippen LogP contribution in [0.2, 0.25) is 0 Å². The van der Waals surface area contributed by atoms with Gasteiger partial charge in [-0.15, -0.1) is 0 Å². The minimum Gasteiger partial charge on any atom is -0.268 e. The van der Waals surface area contributed by atoms with Crippen LogP contribution in [-0.2, 0) is 0 Å². The Morgan fingerprint density at radius 1 is 1.00 bits per heavy atom. The summed E-state index contributed by atoms with van der Waals surface area (Å²) in [6.07, 6.45) is 0. The molecule has 0 radical (unpaired) electrons. The van der Waals surface area contributed by atoms with Gasteiger partial charge < -0.3 is 0 Å². The van der Waals surface area contributed by atoms with E-state index in [9.17, 15) is 24.1 Å². The lowest BCUT2D eigenvalue weighted by molar-refractivity contribution is -0.385. The third-order valence-electron chi connectivity index (χ3n) is 3.18. The number of fused-ring (bicyclic) bond motifs is 1. The van der Waals surface area contributed by atoms with Gasteiger partial charge in [-0.25, -0.2) is 9.29 Å². The first kappa shape index (κ1) is 12.9. The Balaban J connectivity index is 2.21. The van der Waals surface area contributed by atoms with Crippen molar-refractivity contribution in [3.8, 4) is 0 Å². The SMILES string of the molecule is O=C1c2cccc([N+](=O)[O-])c2C(=O)N1c1ccccc1F. The molecule has 0 aromatic heterocycles. The number of imide groups is 1. The van der Waals surface area contributed by atoms with Gasteiger partial charge in [0.25, 0.3) is 17.5 Å². The zero-order valence-electron chi connectivity index (χ0n) is 10.4. The number of rotatable bonds is 2. The van der Waals surface area contributed by atoms with Crippen molar-refractivity contribution in [2.24, 2.45) is 0 Å². The molecule has 0 spiro atoms. The van der Waals surface area contributed by atoms with E-state index in [0.29, 0.717) is 4.90 Å². The van der Waals surface area contributed by atoms with Crippen molar-refractivity contribution in [1.82, 2.24) is 0 Å². The summed E-state index contributed by atoms with van der Waals surface area (Å²) >= 11 is 0. The molecule has 0 atom stereocenters. The number of hydrogen-bond donors (Lipinski definition) is 0. The van der Waals surface area contributed by atoms with Crippen LogP contribution >= 0.6 is 0 Å². The summed E-state index contributed by atoms with van der Waals surface area (Å²) in [6.45, 7) is 0. The van der Waals surface area contributed by atoms with Gasteiger partial charge in [0.15, 0.2) is 0 Å². The Morgan fingerprint density at radius 2 is 1.71 bits per heavy atom. The summed E-state index contributed by atoms with van der Waals surface area (Å²) < 4.78 is 13.8. The molecule has 3 rings (SSSR count). The Morgan fingerprint density at radius 3 is 2.38 bits per heavy atom. The first-order valence-electron chi connectivity index (χ1n) is 5.93. The molecule has 2 aromatic rings. The zero-order valence-corrected chi connectivity index (χ0v) is 10.4. The lowest BCUT2D eigenvalue weighted by atomic mass is 10.1. The number of amides is 2. The number of hydrogen-bond acceptors (Lipinski definition) is 4. The van der Waals surface area contributed by atoms with Gasteiger partial charge in [0.1, 0.15) is 11.4 Å². The van der Waals surface area contributed by atoms with Gasteiger partial charge >= 0.3 is 0 Å².